The van der Waals surface area contributed by atoms with E-state index in [1.807, 2.05) is 30.3 Å². The van der Waals surface area contributed by atoms with E-state index < -0.39 is 9.84 Å². The van der Waals surface area contributed by atoms with Crippen LogP contribution in [0.4, 0.5) is 5.88 Å². The molecule has 0 bridgehead atoms. The topological polar surface area (TPSA) is 81.9 Å². The second kappa shape index (κ2) is 9.04. The minimum atomic E-state index is -4.05. The summed E-state index contributed by atoms with van der Waals surface area (Å²) in [5.74, 6) is 1.18. The molecule has 9 heteroatoms. The molecule has 1 aliphatic rings. The van der Waals surface area contributed by atoms with Crippen LogP contribution in [0.2, 0.25) is 5.02 Å². The van der Waals surface area contributed by atoms with Crippen LogP contribution in [-0.4, -0.2) is 33.7 Å². The Morgan fingerprint density at radius 1 is 0.941 bits per heavy atom. The molecule has 0 saturated heterocycles. The molecular weight excluding hydrogens is 476 g/mol. The fourth-order valence-electron chi connectivity index (χ4n) is 3.69. The van der Waals surface area contributed by atoms with Crippen LogP contribution in [0.3, 0.4) is 0 Å². The number of hydrogen-bond donors (Lipinski definition) is 0. The van der Waals surface area contributed by atoms with Crippen LogP contribution in [-0.2, 0) is 16.4 Å². The summed E-state index contributed by atoms with van der Waals surface area (Å²) in [6.07, 6.45) is 0. The molecule has 0 saturated carbocycles. The zero-order valence-corrected chi connectivity index (χ0v) is 19.8. The maximum atomic E-state index is 13.7. The van der Waals surface area contributed by atoms with Gasteiger partial charge in [0.15, 0.2) is 11.5 Å². The van der Waals surface area contributed by atoms with Gasteiger partial charge in [0.05, 0.1) is 4.90 Å². The fourth-order valence-corrected chi connectivity index (χ4v) is 5.24. The minimum absolute atomic E-state index is 0.0389. The molecule has 1 aliphatic heterocycles. The van der Waals surface area contributed by atoms with Crippen molar-refractivity contribution < 1.29 is 22.3 Å². The third kappa shape index (κ3) is 4.34. The highest BCUT2D eigenvalue weighted by molar-refractivity contribution is 7.91. The molecule has 0 aliphatic carbocycles. The number of ether oxygens (including phenoxy) is 2. The Morgan fingerprint density at radius 2 is 1.71 bits per heavy atom. The van der Waals surface area contributed by atoms with E-state index in [0.29, 0.717) is 41.8 Å². The molecule has 1 aromatic heterocycles. The van der Waals surface area contributed by atoms with Crippen molar-refractivity contribution >= 4 is 27.3 Å². The fraction of sp³-hybridized carbons (Fsp3) is 0.160. The number of anilines is 1. The first kappa shape index (κ1) is 22.3. The Labute approximate surface area is 202 Å². The van der Waals surface area contributed by atoms with E-state index in [2.05, 4.69) is 4.98 Å². The van der Waals surface area contributed by atoms with Gasteiger partial charge in [-0.15, -0.1) is 0 Å². The number of benzene rings is 3. The Morgan fingerprint density at radius 3 is 2.47 bits per heavy atom. The van der Waals surface area contributed by atoms with Gasteiger partial charge >= 0.3 is 0 Å². The third-order valence-corrected chi connectivity index (χ3v) is 7.22. The third-order valence-electron chi connectivity index (χ3n) is 5.34. The van der Waals surface area contributed by atoms with E-state index in [1.54, 1.807) is 42.3 Å². The second-order valence-electron chi connectivity index (χ2n) is 7.79. The van der Waals surface area contributed by atoms with E-state index in [1.165, 1.54) is 12.1 Å². The maximum absolute atomic E-state index is 13.7. The molecule has 7 nitrogen and oxygen atoms in total. The van der Waals surface area contributed by atoms with Gasteiger partial charge in [0.25, 0.3) is 0 Å². The molecule has 34 heavy (non-hydrogen) atoms. The molecule has 0 amide bonds. The van der Waals surface area contributed by atoms with Crippen LogP contribution in [0.1, 0.15) is 5.56 Å². The summed E-state index contributed by atoms with van der Waals surface area (Å²) in [7, 11) is -2.29. The van der Waals surface area contributed by atoms with Crippen molar-refractivity contribution in [3.05, 3.63) is 83.4 Å². The minimum Gasteiger partial charge on any atom is -0.486 e. The molecule has 0 radical (unpaired) electrons. The number of fused-ring (bicyclic) bond motifs is 1. The van der Waals surface area contributed by atoms with Gasteiger partial charge in [-0.2, -0.15) is 4.98 Å². The summed E-state index contributed by atoms with van der Waals surface area (Å²) in [6.45, 7) is 1.19. The van der Waals surface area contributed by atoms with Crippen LogP contribution in [0.25, 0.3) is 11.5 Å². The first-order valence-electron chi connectivity index (χ1n) is 10.6. The lowest BCUT2D eigenvalue weighted by Gasteiger charge is -2.19. The standard InChI is InChI=1S/C25H21ClN2O5S/c1-28(16-17-6-3-2-4-7-17)25-24(27-23(33-25)18-8-5-9-19(26)14-18)34(29,30)20-10-11-21-22(15-20)32-13-12-31-21/h2-11,14-15H,12-13,16H2,1H3. The highest BCUT2D eigenvalue weighted by Crippen LogP contribution is 2.38. The van der Waals surface area contributed by atoms with Crippen LogP contribution >= 0.6 is 11.6 Å². The van der Waals surface area contributed by atoms with Gasteiger partial charge in [0.2, 0.25) is 26.6 Å². The van der Waals surface area contributed by atoms with Crippen molar-refractivity contribution in [3.63, 3.8) is 0 Å². The number of oxazole rings is 1. The van der Waals surface area contributed by atoms with Crippen LogP contribution in [0.5, 0.6) is 11.5 Å². The average Bonchev–Trinajstić information content (AvgIpc) is 3.31. The molecule has 0 spiro atoms. The molecule has 0 fully saturated rings. The summed E-state index contributed by atoms with van der Waals surface area (Å²) in [5.41, 5.74) is 1.57. The molecule has 0 unspecified atom stereocenters. The van der Waals surface area contributed by atoms with Gasteiger partial charge in [-0.1, -0.05) is 48.0 Å². The van der Waals surface area contributed by atoms with Crippen molar-refractivity contribution in [2.45, 2.75) is 16.5 Å². The van der Waals surface area contributed by atoms with Crippen molar-refractivity contribution in [1.82, 2.24) is 4.98 Å². The number of aromatic nitrogens is 1. The highest BCUT2D eigenvalue weighted by Gasteiger charge is 2.31. The Balaban J connectivity index is 1.60. The quantitative estimate of drug-likeness (QED) is 0.361. The van der Waals surface area contributed by atoms with E-state index >= 15 is 0 Å². The first-order valence-corrected chi connectivity index (χ1v) is 12.4. The van der Waals surface area contributed by atoms with E-state index in [-0.39, 0.29) is 21.7 Å². The zero-order chi connectivity index (χ0) is 23.7. The predicted molar refractivity (Wildman–Crippen MR) is 128 cm³/mol. The van der Waals surface area contributed by atoms with Crippen LogP contribution < -0.4 is 14.4 Å². The van der Waals surface area contributed by atoms with Crippen molar-refractivity contribution in [2.24, 2.45) is 0 Å². The lowest BCUT2D eigenvalue weighted by Crippen LogP contribution is -2.19. The smallest absolute Gasteiger partial charge is 0.236 e. The molecular formula is C25H21ClN2O5S. The molecule has 0 atom stereocenters. The summed E-state index contributed by atoms with van der Waals surface area (Å²) >= 11 is 6.14. The summed E-state index contributed by atoms with van der Waals surface area (Å²) in [5, 5.41) is 0.309. The molecule has 0 N–H and O–H groups in total. The second-order valence-corrected chi connectivity index (χ2v) is 10.1. The summed E-state index contributed by atoms with van der Waals surface area (Å²) < 4.78 is 44.6. The molecule has 5 rings (SSSR count). The van der Waals surface area contributed by atoms with Crippen molar-refractivity contribution in [1.29, 1.82) is 0 Å². The first-order chi connectivity index (χ1) is 16.4. The lowest BCUT2D eigenvalue weighted by atomic mass is 10.2. The Kier molecular flexibility index (Phi) is 5.93. The molecule has 4 aromatic rings. The van der Waals surface area contributed by atoms with E-state index in [9.17, 15) is 8.42 Å². The molecule has 3 aromatic carbocycles. The summed E-state index contributed by atoms with van der Waals surface area (Å²) in [6, 6.07) is 21.1. The van der Waals surface area contributed by atoms with Gasteiger partial charge in [0, 0.05) is 30.2 Å². The highest BCUT2D eigenvalue weighted by atomic mass is 35.5. The van der Waals surface area contributed by atoms with E-state index in [4.69, 9.17) is 25.5 Å². The maximum Gasteiger partial charge on any atom is 0.236 e. The van der Waals surface area contributed by atoms with Crippen molar-refractivity contribution in [3.8, 4) is 23.0 Å². The van der Waals surface area contributed by atoms with Gasteiger partial charge in [-0.3, -0.25) is 0 Å². The Bertz CT molecular complexity index is 1440. The van der Waals surface area contributed by atoms with Gasteiger partial charge < -0.3 is 18.8 Å². The molecule has 2 heterocycles. The van der Waals surface area contributed by atoms with Gasteiger partial charge in [-0.05, 0) is 35.9 Å². The lowest BCUT2D eigenvalue weighted by molar-refractivity contribution is 0.171. The average molecular weight is 497 g/mol. The summed E-state index contributed by atoms with van der Waals surface area (Å²) in [4.78, 5) is 6.18. The van der Waals surface area contributed by atoms with E-state index in [0.717, 1.165) is 5.56 Å². The van der Waals surface area contributed by atoms with Crippen molar-refractivity contribution in [2.75, 3.05) is 25.2 Å². The predicted octanol–water partition coefficient (Wildman–Crippen LogP) is 5.24. The van der Waals surface area contributed by atoms with Crippen LogP contribution in [0, 0.1) is 0 Å². The van der Waals surface area contributed by atoms with Gasteiger partial charge in [-0.25, -0.2) is 8.42 Å². The zero-order valence-electron chi connectivity index (χ0n) is 18.3. The SMILES string of the molecule is CN(Cc1ccccc1)c1oc(-c2cccc(Cl)c2)nc1S(=O)(=O)c1ccc2c(c1)OCCO2. The monoisotopic (exact) mass is 496 g/mol. The van der Waals surface area contributed by atoms with Crippen LogP contribution in [0.15, 0.2) is 87.1 Å². The number of halogens is 1. The number of sulfone groups is 1. The Hall–Kier alpha value is -3.49. The normalized spacial score (nSPS) is 13.0. The largest absolute Gasteiger partial charge is 0.486 e. The number of hydrogen-bond acceptors (Lipinski definition) is 7. The molecule has 174 valence electrons. The van der Waals surface area contributed by atoms with Gasteiger partial charge in [0.1, 0.15) is 13.2 Å². The number of rotatable bonds is 6. The number of nitrogens with zero attached hydrogens (tertiary/aromatic N) is 2.